The van der Waals surface area contributed by atoms with Gasteiger partial charge in [0.25, 0.3) is 0 Å². The molecule has 5 aliphatic rings. The van der Waals surface area contributed by atoms with Crippen LogP contribution in [-0.2, 0) is 4.79 Å². The summed E-state index contributed by atoms with van der Waals surface area (Å²) in [5.74, 6) is 1.92. The number of hydrogen-bond donors (Lipinski definition) is 2. The fraction of sp³-hybridized carbons (Fsp3) is 0.674. The number of carbonyl (C=O) groups excluding carboxylic acids is 1. The van der Waals surface area contributed by atoms with Crippen molar-refractivity contribution in [3.05, 3.63) is 66.3 Å². The molecule has 1 amide bonds. The quantitative estimate of drug-likeness (QED) is 0.227. The third-order valence-electron chi connectivity index (χ3n) is 14.9. The van der Waals surface area contributed by atoms with Crippen molar-refractivity contribution in [3.63, 3.8) is 0 Å². The largest absolute Gasteiger partial charge is 0.478 e. The van der Waals surface area contributed by atoms with Crippen molar-refractivity contribution in [2.24, 2.45) is 50.7 Å². The smallest absolute Gasteiger partial charge is 0.335 e. The third kappa shape index (κ3) is 6.05. The number of fused-ring (bicyclic) bond motifs is 7. The Morgan fingerprint density at radius 3 is 2.25 bits per heavy atom. The molecule has 0 radical (unpaired) electrons. The molecule has 5 nitrogen and oxygen atoms in total. The average Bonchev–Trinajstić information content (AvgIpc) is 3.45. The summed E-state index contributed by atoms with van der Waals surface area (Å²) < 4.78 is 0. The maximum Gasteiger partial charge on any atom is 0.335 e. The van der Waals surface area contributed by atoms with Crippen LogP contribution in [0.3, 0.4) is 0 Å². The maximum atomic E-state index is 12.8. The summed E-state index contributed by atoms with van der Waals surface area (Å²) >= 11 is 0. The van der Waals surface area contributed by atoms with Gasteiger partial charge in [0.2, 0.25) is 5.91 Å². The Bertz CT molecular complexity index is 1420. The number of amides is 1. The van der Waals surface area contributed by atoms with Crippen LogP contribution >= 0.6 is 0 Å². The first-order valence-corrected chi connectivity index (χ1v) is 18.8. The third-order valence-corrected chi connectivity index (χ3v) is 14.9. The Hall–Kier alpha value is -2.66. The molecule has 0 saturated heterocycles. The Kier molecular flexibility index (Phi) is 10.4. The molecule has 2 unspecified atom stereocenters. The fourth-order valence-electron chi connectivity index (χ4n) is 12.5. The molecule has 0 aromatic heterocycles. The summed E-state index contributed by atoms with van der Waals surface area (Å²) in [5, 5.41) is 12.5. The average molecular weight is 657 g/mol. The number of likely N-dealkylation sites (N-methyl/N-ethyl adjacent to an activating group) is 1. The highest BCUT2D eigenvalue weighted by Crippen LogP contribution is 2.77. The topological polar surface area (TPSA) is 69.6 Å². The van der Waals surface area contributed by atoms with Crippen molar-refractivity contribution < 1.29 is 14.7 Å². The second kappa shape index (κ2) is 13.6. The van der Waals surface area contributed by atoms with Gasteiger partial charge in [-0.3, -0.25) is 4.79 Å². The van der Waals surface area contributed by atoms with Crippen molar-refractivity contribution in [2.45, 2.75) is 106 Å². The minimum absolute atomic E-state index is 0.0297. The Morgan fingerprint density at radius 1 is 0.917 bits per heavy atom. The molecule has 264 valence electrons. The van der Waals surface area contributed by atoms with Crippen molar-refractivity contribution in [3.8, 4) is 0 Å². The zero-order valence-corrected chi connectivity index (χ0v) is 31.3. The van der Waals surface area contributed by atoms with Gasteiger partial charge in [0.05, 0.1) is 5.56 Å². The summed E-state index contributed by atoms with van der Waals surface area (Å²) in [6.07, 6.45) is 21.2. The highest BCUT2D eigenvalue weighted by molar-refractivity contribution is 5.88. The van der Waals surface area contributed by atoms with Crippen LogP contribution in [0.1, 0.15) is 122 Å². The van der Waals surface area contributed by atoms with E-state index in [1.54, 1.807) is 18.2 Å². The van der Waals surface area contributed by atoms with E-state index in [0.717, 1.165) is 18.9 Å². The van der Waals surface area contributed by atoms with Gasteiger partial charge in [0, 0.05) is 13.1 Å². The van der Waals surface area contributed by atoms with Gasteiger partial charge in [-0.1, -0.05) is 71.4 Å². The number of aromatic carboxylic acids is 1. The molecule has 0 aliphatic heterocycles. The lowest BCUT2D eigenvalue weighted by Gasteiger charge is -2.72. The van der Waals surface area contributed by atoms with Gasteiger partial charge in [0.15, 0.2) is 0 Å². The van der Waals surface area contributed by atoms with Gasteiger partial charge in [-0.2, -0.15) is 0 Å². The van der Waals surface area contributed by atoms with Gasteiger partial charge in [-0.25, -0.2) is 4.79 Å². The molecule has 8 atom stereocenters. The van der Waals surface area contributed by atoms with E-state index in [1.807, 2.05) is 39.2 Å². The SMILES string of the molecule is C=CC.CN(C)CCNC(=O)/C=C/[C@]12CCC[C@@H]1[C@H]1CCC3[C@@]4(C)CC=C(c5ccc(C(=O)O)cc5)C(C)(C)C4CC[C@@]3(C)[C@]1(C)CC2. The summed E-state index contributed by atoms with van der Waals surface area (Å²) in [6, 6.07) is 7.58. The molecule has 48 heavy (non-hydrogen) atoms. The molecule has 2 N–H and O–H groups in total. The van der Waals surface area contributed by atoms with E-state index in [-0.39, 0.29) is 22.2 Å². The van der Waals surface area contributed by atoms with Crippen LogP contribution < -0.4 is 5.32 Å². The minimum Gasteiger partial charge on any atom is -0.478 e. The lowest BCUT2D eigenvalue weighted by Crippen LogP contribution is -2.64. The van der Waals surface area contributed by atoms with Crippen LogP contribution in [0.25, 0.3) is 5.57 Å². The maximum absolute atomic E-state index is 12.8. The lowest BCUT2D eigenvalue weighted by molar-refractivity contribution is -0.218. The second-order valence-electron chi connectivity index (χ2n) is 17.7. The Morgan fingerprint density at radius 2 is 1.60 bits per heavy atom. The molecule has 5 heteroatoms. The van der Waals surface area contributed by atoms with E-state index >= 15 is 0 Å². The molecule has 1 aromatic carbocycles. The highest BCUT2D eigenvalue weighted by atomic mass is 16.4. The van der Waals surface area contributed by atoms with E-state index in [0.29, 0.717) is 40.7 Å². The van der Waals surface area contributed by atoms with Crippen LogP contribution in [0.15, 0.2) is 55.1 Å². The molecule has 0 heterocycles. The van der Waals surface area contributed by atoms with E-state index in [4.69, 9.17) is 0 Å². The molecule has 4 saturated carbocycles. The van der Waals surface area contributed by atoms with Crippen LogP contribution in [0.5, 0.6) is 0 Å². The zero-order chi connectivity index (χ0) is 35.1. The Labute approximate surface area is 291 Å². The normalized spacial score (nSPS) is 38.0. The van der Waals surface area contributed by atoms with E-state index in [1.165, 1.54) is 68.9 Å². The number of hydrogen-bond acceptors (Lipinski definition) is 3. The number of carboxylic acid groups (broad SMARTS) is 1. The predicted molar refractivity (Wildman–Crippen MR) is 199 cm³/mol. The predicted octanol–water partition coefficient (Wildman–Crippen LogP) is 9.66. The summed E-state index contributed by atoms with van der Waals surface area (Å²) in [4.78, 5) is 26.4. The van der Waals surface area contributed by atoms with Crippen molar-refractivity contribution in [1.29, 1.82) is 0 Å². The van der Waals surface area contributed by atoms with Gasteiger partial charge >= 0.3 is 5.97 Å². The molecule has 5 aliphatic carbocycles. The molecule has 6 rings (SSSR count). The van der Waals surface area contributed by atoms with Gasteiger partial charge in [-0.05, 0) is 159 Å². The van der Waals surface area contributed by atoms with Gasteiger partial charge in [-0.15, -0.1) is 6.58 Å². The van der Waals surface area contributed by atoms with Crippen LogP contribution in [0.2, 0.25) is 0 Å². The summed E-state index contributed by atoms with van der Waals surface area (Å²) in [5.41, 5.74) is 4.05. The monoisotopic (exact) mass is 656 g/mol. The van der Waals surface area contributed by atoms with Gasteiger partial charge in [0.1, 0.15) is 0 Å². The van der Waals surface area contributed by atoms with Crippen molar-refractivity contribution in [1.82, 2.24) is 10.2 Å². The molecule has 1 aromatic rings. The number of carboxylic acids is 1. The minimum atomic E-state index is -0.864. The zero-order valence-electron chi connectivity index (χ0n) is 31.3. The highest BCUT2D eigenvalue weighted by Gasteiger charge is 2.69. The van der Waals surface area contributed by atoms with E-state index in [2.05, 4.69) is 63.6 Å². The number of carbonyl (C=O) groups is 2. The fourth-order valence-corrected chi connectivity index (χ4v) is 12.5. The van der Waals surface area contributed by atoms with Crippen molar-refractivity contribution in [2.75, 3.05) is 27.2 Å². The van der Waals surface area contributed by atoms with Crippen LogP contribution in [0.4, 0.5) is 0 Å². The van der Waals surface area contributed by atoms with Crippen molar-refractivity contribution >= 4 is 17.4 Å². The molecule has 0 bridgehead atoms. The summed E-state index contributed by atoms with van der Waals surface area (Å²) in [7, 11) is 4.08. The van der Waals surface area contributed by atoms with E-state index in [9.17, 15) is 14.7 Å². The Balaban J connectivity index is 0.00000145. The number of allylic oxidation sites excluding steroid dienone is 4. The molecule has 0 spiro atoms. The number of nitrogens with zero attached hydrogens (tertiary/aromatic N) is 1. The molecule has 4 fully saturated rings. The van der Waals surface area contributed by atoms with Gasteiger partial charge < -0.3 is 15.3 Å². The first-order valence-electron chi connectivity index (χ1n) is 18.8. The molecular weight excluding hydrogens is 592 g/mol. The standard InChI is InChI=1S/C40H58N2O3.C3H6/c1-36(2)29(27-10-12-28(13-11-27)35(44)45)16-20-37(3)32(36)17-21-39(5)33(37)15-14-30-31-9-8-19-40(31,24-23-38(30,39)4)22-18-34(43)41-25-26-42(6)7;1-3-2/h10-13,16,18,22,30-33H,8-9,14-15,17,19-21,23-26H2,1-7H3,(H,41,43)(H,44,45);3H,1H2,2H3/b22-18+;/t30-,31-,32?,33?,37+,38-,39-,40+;/m1./s1. The van der Waals surface area contributed by atoms with Crippen LogP contribution in [0, 0.1) is 50.7 Å². The first-order chi connectivity index (χ1) is 22.6. The molecular formula is C43H64N2O3. The first kappa shape index (κ1) is 36.6. The van der Waals surface area contributed by atoms with Crippen LogP contribution in [-0.4, -0.2) is 49.1 Å². The number of benzene rings is 1. The summed E-state index contributed by atoms with van der Waals surface area (Å²) in [6.45, 7) is 19.7. The van der Waals surface area contributed by atoms with E-state index < -0.39 is 5.97 Å². The number of nitrogens with one attached hydrogen (secondary N) is 1. The number of rotatable bonds is 7. The second-order valence-corrected chi connectivity index (χ2v) is 17.7. The lowest BCUT2D eigenvalue weighted by atomic mass is 9.32.